The van der Waals surface area contributed by atoms with Crippen LogP contribution in [0, 0.1) is 6.92 Å². The van der Waals surface area contributed by atoms with Crippen molar-refractivity contribution in [3.63, 3.8) is 0 Å². The van der Waals surface area contributed by atoms with Gasteiger partial charge >= 0.3 is 0 Å². The van der Waals surface area contributed by atoms with Crippen LogP contribution in [0.3, 0.4) is 0 Å². The Balaban J connectivity index is 2.12. The molecule has 0 radical (unpaired) electrons. The molecule has 3 aromatic rings. The van der Waals surface area contributed by atoms with Gasteiger partial charge in [0, 0.05) is 12.7 Å². The maximum atomic E-state index is 13.0. The molecule has 0 aliphatic heterocycles. The minimum Gasteiger partial charge on any atom is -0.494 e. The van der Waals surface area contributed by atoms with Gasteiger partial charge in [-0.15, -0.1) is 0 Å². The largest absolute Gasteiger partial charge is 0.494 e. The zero-order valence-electron chi connectivity index (χ0n) is 14.8. The number of rotatable bonds is 4. The topological polar surface area (TPSA) is 64.4 Å². The van der Waals surface area contributed by atoms with E-state index >= 15 is 0 Å². The molecule has 1 heterocycles. The molecule has 6 heteroatoms. The van der Waals surface area contributed by atoms with E-state index in [0.29, 0.717) is 5.69 Å². The van der Waals surface area contributed by atoms with Gasteiger partial charge in [-0.1, -0.05) is 36.4 Å². The van der Waals surface area contributed by atoms with Gasteiger partial charge in [0.1, 0.15) is 0 Å². The highest BCUT2D eigenvalue weighted by Crippen LogP contribution is 2.20. The Morgan fingerprint density at radius 1 is 1.08 bits per heavy atom. The van der Waals surface area contributed by atoms with Gasteiger partial charge < -0.3 is 9.64 Å². The van der Waals surface area contributed by atoms with Crippen molar-refractivity contribution in [2.75, 3.05) is 19.1 Å². The summed E-state index contributed by atoms with van der Waals surface area (Å²) < 4.78 is 6.46. The Labute approximate surface area is 151 Å². The van der Waals surface area contributed by atoms with E-state index in [1.165, 1.54) is 22.8 Å². The monoisotopic (exact) mass is 349 g/mol. The zero-order valence-corrected chi connectivity index (χ0v) is 14.8. The number of carbonyl (C=O) groups excluding carboxylic acids is 1. The normalized spacial score (nSPS) is 10.4. The molecule has 3 rings (SSSR count). The molecule has 0 spiro atoms. The number of anilines is 1. The summed E-state index contributed by atoms with van der Waals surface area (Å²) in [6, 6.07) is 17.8. The molecule has 1 amide bonds. The van der Waals surface area contributed by atoms with Crippen LogP contribution in [0.1, 0.15) is 16.1 Å². The summed E-state index contributed by atoms with van der Waals surface area (Å²) in [6.45, 7) is 1.88. The number of ether oxygens (including phenoxy) is 1. The average molecular weight is 349 g/mol. The van der Waals surface area contributed by atoms with E-state index in [2.05, 4.69) is 5.10 Å². The second-order valence-electron chi connectivity index (χ2n) is 5.80. The maximum Gasteiger partial charge on any atom is 0.282 e. The molecule has 0 saturated heterocycles. The van der Waals surface area contributed by atoms with Crippen molar-refractivity contribution < 1.29 is 9.53 Å². The SMILES string of the molecule is COc1cc(=O)n(-c2ccccc2C)nc1C(=O)N(C)c1ccccc1. The van der Waals surface area contributed by atoms with Crippen molar-refractivity contribution in [1.82, 2.24) is 9.78 Å². The number of hydrogen-bond donors (Lipinski definition) is 0. The molecule has 0 N–H and O–H groups in total. The van der Waals surface area contributed by atoms with Crippen LogP contribution in [0.4, 0.5) is 5.69 Å². The van der Waals surface area contributed by atoms with E-state index < -0.39 is 0 Å². The summed E-state index contributed by atoms with van der Waals surface area (Å²) in [4.78, 5) is 26.9. The lowest BCUT2D eigenvalue weighted by Crippen LogP contribution is -2.31. The molecule has 0 saturated carbocycles. The van der Waals surface area contributed by atoms with E-state index in [4.69, 9.17) is 4.74 Å². The minimum atomic E-state index is -0.366. The minimum absolute atomic E-state index is 0.0710. The number of aryl methyl sites for hydroxylation is 1. The van der Waals surface area contributed by atoms with Crippen LogP contribution in [0.5, 0.6) is 5.75 Å². The van der Waals surface area contributed by atoms with Gasteiger partial charge in [-0.3, -0.25) is 9.59 Å². The molecule has 0 bridgehead atoms. The predicted octanol–water partition coefficient (Wildman–Crippen LogP) is 2.83. The van der Waals surface area contributed by atoms with Gasteiger partial charge in [-0.2, -0.15) is 9.78 Å². The van der Waals surface area contributed by atoms with Gasteiger partial charge in [-0.05, 0) is 30.7 Å². The van der Waals surface area contributed by atoms with E-state index in [1.807, 2.05) is 55.5 Å². The van der Waals surface area contributed by atoms with Crippen LogP contribution >= 0.6 is 0 Å². The lowest BCUT2D eigenvalue weighted by atomic mass is 10.2. The Hall–Kier alpha value is -3.41. The molecular weight excluding hydrogens is 330 g/mol. The lowest BCUT2D eigenvalue weighted by molar-refractivity contribution is 0.0983. The van der Waals surface area contributed by atoms with E-state index in [1.54, 1.807) is 13.1 Å². The molecule has 0 aliphatic rings. The highest BCUT2D eigenvalue weighted by Gasteiger charge is 2.22. The average Bonchev–Trinajstić information content (AvgIpc) is 2.68. The summed E-state index contributed by atoms with van der Waals surface area (Å²) in [6.07, 6.45) is 0. The van der Waals surface area contributed by atoms with Gasteiger partial charge in [0.15, 0.2) is 11.4 Å². The predicted molar refractivity (Wildman–Crippen MR) is 100 cm³/mol. The summed E-state index contributed by atoms with van der Waals surface area (Å²) in [7, 11) is 3.07. The smallest absolute Gasteiger partial charge is 0.282 e. The molecule has 26 heavy (non-hydrogen) atoms. The fraction of sp³-hybridized carbons (Fsp3) is 0.150. The van der Waals surface area contributed by atoms with E-state index in [-0.39, 0.29) is 22.9 Å². The van der Waals surface area contributed by atoms with Crippen LogP contribution in [0.2, 0.25) is 0 Å². The molecule has 6 nitrogen and oxygen atoms in total. The Bertz CT molecular complexity index is 997. The van der Waals surface area contributed by atoms with Gasteiger partial charge in [0.25, 0.3) is 11.5 Å². The number of amides is 1. The third-order valence-electron chi connectivity index (χ3n) is 4.11. The van der Waals surface area contributed by atoms with E-state index in [9.17, 15) is 9.59 Å². The molecule has 0 fully saturated rings. The number of aromatic nitrogens is 2. The number of carbonyl (C=O) groups is 1. The summed E-state index contributed by atoms with van der Waals surface area (Å²) in [5, 5.41) is 4.31. The first kappa shape index (κ1) is 17.4. The molecule has 132 valence electrons. The number of hydrogen-bond acceptors (Lipinski definition) is 4. The van der Waals surface area contributed by atoms with Crippen molar-refractivity contribution in [3.05, 3.63) is 82.3 Å². The lowest BCUT2D eigenvalue weighted by Gasteiger charge is -2.19. The van der Waals surface area contributed by atoms with Gasteiger partial charge in [0.2, 0.25) is 0 Å². The van der Waals surface area contributed by atoms with E-state index in [0.717, 1.165) is 11.3 Å². The highest BCUT2D eigenvalue weighted by molar-refractivity contribution is 6.06. The Kier molecular flexibility index (Phi) is 4.84. The fourth-order valence-electron chi connectivity index (χ4n) is 2.65. The maximum absolute atomic E-state index is 13.0. The van der Waals surface area contributed by atoms with Crippen LogP contribution < -0.4 is 15.2 Å². The number of nitrogens with zero attached hydrogens (tertiary/aromatic N) is 3. The fourth-order valence-corrected chi connectivity index (χ4v) is 2.65. The third kappa shape index (κ3) is 3.21. The van der Waals surface area contributed by atoms with Crippen LogP contribution in [0.15, 0.2) is 65.5 Å². The van der Waals surface area contributed by atoms with Crippen LogP contribution in [-0.4, -0.2) is 29.8 Å². The molecular formula is C20H19N3O3. The summed E-state index contributed by atoms with van der Waals surface area (Å²) in [5.74, 6) is -0.219. The quantitative estimate of drug-likeness (QED) is 0.726. The molecule has 2 aromatic carbocycles. The molecule has 0 unspecified atom stereocenters. The Morgan fingerprint density at radius 2 is 1.73 bits per heavy atom. The summed E-state index contributed by atoms with van der Waals surface area (Å²) >= 11 is 0. The standard InChI is InChI=1S/C20H19N3O3/c1-14-9-7-8-12-16(14)23-18(24)13-17(26-3)19(21-23)20(25)22(2)15-10-5-4-6-11-15/h4-13H,1-3H3. The van der Waals surface area contributed by atoms with Crippen molar-refractivity contribution >= 4 is 11.6 Å². The first-order valence-corrected chi connectivity index (χ1v) is 8.10. The first-order valence-electron chi connectivity index (χ1n) is 8.10. The zero-order chi connectivity index (χ0) is 18.7. The van der Waals surface area contributed by atoms with Crippen molar-refractivity contribution in [2.24, 2.45) is 0 Å². The highest BCUT2D eigenvalue weighted by atomic mass is 16.5. The van der Waals surface area contributed by atoms with Crippen LogP contribution in [-0.2, 0) is 0 Å². The molecule has 0 aliphatic carbocycles. The summed E-state index contributed by atoms with van der Waals surface area (Å²) in [5.41, 5.74) is 1.92. The Morgan fingerprint density at radius 3 is 2.38 bits per heavy atom. The number of benzene rings is 2. The van der Waals surface area contributed by atoms with Crippen molar-refractivity contribution in [3.8, 4) is 11.4 Å². The first-order chi connectivity index (χ1) is 12.5. The van der Waals surface area contributed by atoms with Crippen molar-refractivity contribution in [1.29, 1.82) is 0 Å². The third-order valence-corrected chi connectivity index (χ3v) is 4.11. The number of para-hydroxylation sites is 2. The van der Waals surface area contributed by atoms with Gasteiger partial charge in [0.05, 0.1) is 18.9 Å². The molecule has 0 atom stereocenters. The molecule has 1 aromatic heterocycles. The second-order valence-corrected chi connectivity index (χ2v) is 5.80. The van der Waals surface area contributed by atoms with Crippen molar-refractivity contribution in [2.45, 2.75) is 6.92 Å². The number of methoxy groups -OCH3 is 1. The van der Waals surface area contributed by atoms with Crippen LogP contribution in [0.25, 0.3) is 5.69 Å². The van der Waals surface area contributed by atoms with Gasteiger partial charge in [-0.25, -0.2) is 0 Å². The second kappa shape index (κ2) is 7.23.